The van der Waals surface area contributed by atoms with E-state index in [1.165, 1.54) is 0 Å². The lowest BCUT2D eigenvalue weighted by Crippen LogP contribution is -2.00. The number of thiophene rings is 1. The Kier molecular flexibility index (Phi) is 5.35. The topological polar surface area (TPSA) is 51.8 Å². The van der Waals surface area contributed by atoms with Crippen LogP contribution in [-0.4, -0.2) is 15.0 Å². The lowest BCUT2D eigenvalue weighted by atomic mass is 9.98. The number of nitrogens with zero attached hydrogens (tertiary/aromatic N) is 3. The summed E-state index contributed by atoms with van der Waals surface area (Å²) in [6.07, 6.45) is 0. The minimum Gasteiger partial charge on any atom is -0.456 e. The Bertz CT molecular complexity index is 3200. The summed E-state index contributed by atoms with van der Waals surface area (Å²) in [6, 6.07) is 39.5. The Balaban J connectivity index is 1.20. The lowest BCUT2D eigenvalue weighted by Gasteiger charge is -2.09. The van der Waals surface area contributed by atoms with Gasteiger partial charge in [-0.1, -0.05) is 133 Å². The van der Waals surface area contributed by atoms with Gasteiger partial charge in [0.2, 0.25) is 0 Å². The zero-order valence-corrected chi connectivity index (χ0v) is 27.1. The molecule has 0 radical (unpaired) electrons. The first-order valence-corrected chi connectivity index (χ1v) is 16.9. The Morgan fingerprint density at radius 1 is 0.420 bits per heavy atom. The van der Waals surface area contributed by atoms with Crippen molar-refractivity contribution in [2.45, 2.75) is 0 Å². The van der Waals surface area contributed by atoms with E-state index in [0.717, 1.165) is 38.8 Å². The standard InChI is InChI=1S/C45H27N3OS/c1-3-10-28(11-4-1)29-18-20-31(21-19-29)44-46-43(30-12-5-2-6-13-30)47-45(48-44)33-22-24-35-37-26-32(23-25-40(37)50-41(35)27-33)34-15-9-17-39-42(34)36-14-7-8-16-38(36)49-39/h1-27H/i22D,23D,24D,25D,26D,27D. The molecule has 234 valence electrons. The quantitative estimate of drug-likeness (QED) is 0.184. The van der Waals surface area contributed by atoms with Gasteiger partial charge in [0.05, 0.1) is 8.22 Å². The zero-order chi connectivity index (χ0) is 38.2. The molecule has 4 nitrogen and oxygen atoms in total. The molecule has 0 aliphatic heterocycles. The molecular formula is C45H27N3OS. The molecule has 7 aromatic carbocycles. The number of benzene rings is 7. The van der Waals surface area contributed by atoms with Crippen LogP contribution in [0, 0.1) is 0 Å². The van der Waals surface area contributed by atoms with Crippen LogP contribution >= 0.6 is 11.3 Å². The van der Waals surface area contributed by atoms with Crippen LogP contribution in [0.15, 0.2) is 168 Å². The molecular weight excluding hydrogens is 631 g/mol. The maximum absolute atomic E-state index is 9.56. The minimum absolute atomic E-state index is 0.0437. The van der Waals surface area contributed by atoms with Gasteiger partial charge in [-0.05, 0) is 52.5 Å². The molecule has 3 aromatic heterocycles. The fourth-order valence-electron chi connectivity index (χ4n) is 6.40. The van der Waals surface area contributed by atoms with Gasteiger partial charge in [0.15, 0.2) is 17.5 Å². The summed E-state index contributed by atoms with van der Waals surface area (Å²) in [7, 11) is 0. The van der Waals surface area contributed by atoms with Gasteiger partial charge in [0.25, 0.3) is 0 Å². The highest BCUT2D eigenvalue weighted by Crippen LogP contribution is 2.41. The number of rotatable bonds is 5. The highest BCUT2D eigenvalue weighted by Gasteiger charge is 2.16. The van der Waals surface area contributed by atoms with Crippen LogP contribution in [0.25, 0.3) is 98.5 Å². The van der Waals surface area contributed by atoms with E-state index in [1.54, 1.807) is 6.07 Å². The van der Waals surface area contributed by atoms with Gasteiger partial charge in [0.1, 0.15) is 11.2 Å². The van der Waals surface area contributed by atoms with Crippen molar-refractivity contribution in [2.24, 2.45) is 0 Å². The number of aromatic nitrogens is 3. The number of furan rings is 1. The van der Waals surface area contributed by atoms with Crippen LogP contribution in [0.5, 0.6) is 0 Å². The summed E-state index contributed by atoms with van der Waals surface area (Å²) in [5.74, 6) is 0.772. The largest absolute Gasteiger partial charge is 0.456 e. The second-order valence-corrected chi connectivity index (χ2v) is 12.9. The molecule has 0 amide bonds. The summed E-state index contributed by atoms with van der Waals surface area (Å²) in [6.45, 7) is 0. The molecule has 3 heterocycles. The molecule has 0 saturated heterocycles. The molecule has 0 spiro atoms. The van der Waals surface area contributed by atoms with E-state index >= 15 is 0 Å². The highest BCUT2D eigenvalue weighted by atomic mass is 32.1. The van der Waals surface area contributed by atoms with E-state index in [1.807, 2.05) is 121 Å². The maximum atomic E-state index is 9.56. The third kappa shape index (κ3) is 4.87. The summed E-state index contributed by atoms with van der Waals surface area (Å²) in [4.78, 5) is 14.4. The molecule has 0 unspecified atom stereocenters. The van der Waals surface area contributed by atoms with E-state index in [9.17, 15) is 8.22 Å². The van der Waals surface area contributed by atoms with Gasteiger partial charge >= 0.3 is 0 Å². The third-order valence-corrected chi connectivity index (χ3v) is 9.84. The van der Waals surface area contributed by atoms with Gasteiger partial charge < -0.3 is 4.42 Å². The van der Waals surface area contributed by atoms with E-state index in [-0.39, 0.29) is 64.0 Å². The number of para-hydroxylation sites is 1. The van der Waals surface area contributed by atoms with E-state index in [2.05, 4.69) is 0 Å². The Morgan fingerprint density at radius 3 is 1.80 bits per heavy atom. The summed E-state index contributed by atoms with van der Waals surface area (Å²) in [5, 5.41) is 2.05. The first-order valence-electron chi connectivity index (χ1n) is 19.1. The number of fused-ring (bicyclic) bond motifs is 6. The molecule has 50 heavy (non-hydrogen) atoms. The van der Waals surface area contributed by atoms with Crippen molar-refractivity contribution in [3.8, 4) is 56.4 Å². The molecule has 5 heteroatoms. The number of hydrogen-bond donors (Lipinski definition) is 0. The number of hydrogen-bond acceptors (Lipinski definition) is 5. The molecule has 10 aromatic rings. The molecule has 0 N–H and O–H groups in total. The first-order chi connectivity index (χ1) is 27.3. The Labute approximate surface area is 300 Å². The van der Waals surface area contributed by atoms with Crippen LogP contribution in [0.4, 0.5) is 0 Å². The normalized spacial score (nSPS) is 13.3. The fourth-order valence-corrected chi connectivity index (χ4v) is 7.37. The Morgan fingerprint density at radius 2 is 1.02 bits per heavy atom. The summed E-state index contributed by atoms with van der Waals surface area (Å²) < 4.78 is 62.9. The molecule has 0 aliphatic rings. The monoisotopic (exact) mass is 663 g/mol. The summed E-state index contributed by atoms with van der Waals surface area (Å²) >= 11 is 1.08. The Hall–Kier alpha value is -6.43. The first kappa shape index (κ1) is 23.0. The van der Waals surface area contributed by atoms with Gasteiger partial charge in [-0.25, -0.2) is 15.0 Å². The van der Waals surface area contributed by atoms with Crippen LogP contribution in [0.1, 0.15) is 8.22 Å². The van der Waals surface area contributed by atoms with E-state index in [0.29, 0.717) is 43.3 Å². The summed E-state index contributed by atoms with van der Waals surface area (Å²) in [5.41, 5.74) is 5.64. The van der Waals surface area contributed by atoms with E-state index < -0.39 is 0 Å². The van der Waals surface area contributed by atoms with Crippen molar-refractivity contribution in [3.63, 3.8) is 0 Å². The van der Waals surface area contributed by atoms with Crippen molar-refractivity contribution in [2.75, 3.05) is 0 Å². The average Bonchev–Trinajstić information content (AvgIpc) is 3.84. The average molecular weight is 664 g/mol. The second kappa shape index (κ2) is 11.6. The minimum atomic E-state index is -0.275. The zero-order valence-electron chi connectivity index (χ0n) is 32.3. The molecule has 0 atom stereocenters. The van der Waals surface area contributed by atoms with Crippen LogP contribution in [-0.2, 0) is 0 Å². The lowest BCUT2D eigenvalue weighted by molar-refractivity contribution is 0.669. The molecule has 10 rings (SSSR count). The molecule has 0 fully saturated rings. The smallest absolute Gasteiger partial charge is 0.164 e. The maximum Gasteiger partial charge on any atom is 0.164 e. The third-order valence-electron chi connectivity index (χ3n) is 8.82. The van der Waals surface area contributed by atoms with Gasteiger partial charge in [-0.15, -0.1) is 11.3 Å². The van der Waals surface area contributed by atoms with E-state index in [4.69, 9.17) is 19.4 Å². The van der Waals surface area contributed by atoms with Crippen LogP contribution < -0.4 is 0 Å². The highest BCUT2D eigenvalue weighted by molar-refractivity contribution is 7.25. The fraction of sp³-hybridized carbons (Fsp3) is 0. The van der Waals surface area contributed by atoms with Crippen LogP contribution in [0.3, 0.4) is 0 Å². The predicted octanol–water partition coefficient (Wildman–Crippen LogP) is 12.5. The van der Waals surface area contributed by atoms with Crippen LogP contribution in [0.2, 0.25) is 0 Å². The van der Waals surface area contributed by atoms with Crippen molar-refractivity contribution >= 4 is 53.4 Å². The van der Waals surface area contributed by atoms with Gasteiger partial charge in [0, 0.05) is 47.6 Å². The predicted molar refractivity (Wildman–Crippen MR) is 207 cm³/mol. The SMILES string of the molecule is [2H]c1c(-c2cccc3oc4ccccc4c23)c([2H])c2c(sc3c([2H])c(-c4nc(-c5ccccc5)nc(-c5ccc(-c6ccccc6)cc5)n4)c([2H])c([2H])c32)c1[2H]. The van der Waals surface area contributed by atoms with Crippen molar-refractivity contribution < 1.29 is 12.6 Å². The van der Waals surface area contributed by atoms with Crippen molar-refractivity contribution in [3.05, 3.63) is 164 Å². The van der Waals surface area contributed by atoms with Crippen molar-refractivity contribution in [1.29, 1.82) is 0 Å². The molecule has 0 bridgehead atoms. The van der Waals surface area contributed by atoms with Gasteiger partial charge in [-0.3, -0.25) is 0 Å². The van der Waals surface area contributed by atoms with Crippen molar-refractivity contribution in [1.82, 2.24) is 15.0 Å². The molecule has 0 aliphatic carbocycles. The van der Waals surface area contributed by atoms with Gasteiger partial charge in [-0.2, -0.15) is 0 Å². The second-order valence-electron chi connectivity index (χ2n) is 11.9. The molecule has 0 saturated carbocycles.